The van der Waals surface area contributed by atoms with Gasteiger partial charge in [-0.2, -0.15) is 0 Å². The molecule has 0 heterocycles. The first-order valence-electron chi connectivity index (χ1n) is 12.4. The van der Waals surface area contributed by atoms with E-state index in [2.05, 4.69) is 64.6 Å². The van der Waals surface area contributed by atoms with Crippen molar-refractivity contribution in [3.63, 3.8) is 0 Å². The van der Waals surface area contributed by atoms with E-state index in [4.69, 9.17) is 25.4 Å². The van der Waals surface area contributed by atoms with Gasteiger partial charge in [0.05, 0.1) is 14.2 Å². The van der Waals surface area contributed by atoms with Gasteiger partial charge in [0.15, 0.2) is 0 Å². The molecule has 2 unspecified atom stereocenters. The Morgan fingerprint density at radius 2 is 1.03 bits per heavy atom. The SMILES string of the molecule is C#CCOC(c1ccc(C#CCOC(c2ccc(I)cc2)c2ccc(OC)cc2)cc1)c1ccc(OC)cc1. The van der Waals surface area contributed by atoms with Crippen LogP contribution in [0, 0.1) is 27.8 Å². The van der Waals surface area contributed by atoms with Gasteiger partial charge in [-0.1, -0.05) is 66.3 Å². The van der Waals surface area contributed by atoms with E-state index >= 15 is 0 Å². The van der Waals surface area contributed by atoms with E-state index in [1.165, 1.54) is 3.57 Å². The molecule has 0 N–H and O–H groups in total. The number of terminal acetylenes is 1. The first-order valence-corrected chi connectivity index (χ1v) is 13.5. The van der Waals surface area contributed by atoms with Crippen molar-refractivity contribution < 1.29 is 18.9 Å². The zero-order valence-electron chi connectivity index (χ0n) is 21.9. The zero-order chi connectivity index (χ0) is 27.5. The summed E-state index contributed by atoms with van der Waals surface area (Å²) >= 11 is 2.30. The van der Waals surface area contributed by atoms with Crippen molar-refractivity contribution in [2.45, 2.75) is 12.2 Å². The summed E-state index contributed by atoms with van der Waals surface area (Å²) < 4.78 is 24.0. The van der Waals surface area contributed by atoms with Crippen molar-refractivity contribution in [2.24, 2.45) is 0 Å². The molecule has 5 heteroatoms. The predicted molar refractivity (Wildman–Crippen MR) is 163 cm³/mol. The van der Waals surface area contributed by atoms with Gasteiger partial charge in [-0.15, -0.1) is 6.42 Å². The standard InChI is InChI=1S/C34H29IO4/c1-4-23-38-33(28-13-19-31(36-2)20-14-28)26-9-7-25(8-10-26)6-5-24-39-34(27-11-17-30(35)18-12-27)29-15-21-32(37-3)22-16-29/h1,7-22,33-34H,23-24H2,2-3H3. The van der Waals surface area contributed by atoms with Crippen molar-refractivity contribution in [3.05, 3.63) is 128 Å². The third-order valence-electron chi connectivity index (χ3n) is 6.11. The Morgan fingerprint density at radius 1 is 0.615 bits per heavy atom. The maximum Gasteiger partial charge on any atom is 0.118 e. The van der Waals surface area contributed by atoms with Gasteiger partial charge >= 0.3 is 0 Å². The molecule has 0 aliphatic carbocycles. The predicted octanol–water partition coefficient (Wildman–Crippen LogP) is 7.21. The van der Waals surface area contributed by atoms with Crippen LogP contribution in [0.4, 0.5) is 0 Å². The second kappa shape index (κ2) is 14.4. The average molecular weight is 629 g/mol. The first kappa shape index (κ1) is 28.3. The monoisotopic (exact) mass is 628 g/mol. The minimum atomic E-state index is -0.281. The molecule has 196 valence electrons. The van der Waals surface area contributed by atoms with E-state index in [-0.39, 0.29) is 25.4 Å². The van der Waals surface area contributed by atoms with Crippen LogP contribution in [0.15, 0.2) is 97.1 Å². The Labute approximate surface area is 244 Å². The topological polar surface area (TPSA) is 36.9 Å². The van der Waals surface area contributed by atoms with Crippen LogP contribution in [0.3, 0.4) is 0 Å². The third kappa shape index (κ3) is 7.88. The maximum absolute atomic E-state index is 6.27. The molecule has 0 saturated heterocycles. The Bertz CT molecular complexity index is 1430. The van der Waals surface area contributed by atoms with Crippen LogP contribution in [0.1, 0.15) is 40.0 Å². The molecule has 4 rings (SSSR count). The summed E-state index contributed by atoms with van der Waals surface area (Å²) in [7, 11) is 3.31. The molecule has 0 aromatic heterocycles. The van der Waals surface area contributed by atoms with Crippen LogP contribution in [0.5, 0.6) is 11.5 Å². The smallest absolute Gasteiger partial charge is 0.118 e. The largest absolute Gasteiger partial charge is 0.497 e. The van der Waals surface area contributed by atoms with Crippen molar-refractivity contribution in [1.29, 1.82) is 0 Å². The van der Waals surface area contributed by atoms with E-state index in [0.717, 1.165) is 39.3 Å². The fraction of sp³-hybridized carbons (Fsp3) is 0.176. The van der Waals surface area contributed by atoms with Crippen molar-refractivity contribution in [2.75, 3.05) is 27.4 Å². The van der Waals surface area contributed by atoms with E-state index in [1.54, 1.807) is 14.2 Å². The van der Waals surface area contributed by atoms with Gasteiger partial charge < -0.3 is 18.9 Å². The molecule has 0 saturated carbocycles. The van der Waals surface area contributed by atoms with Gasteiger partial charge in [0.25, 0.3) is 0 Å². The zero-order valence-corrected chi connectivity index (χ0v) is 24.1. The van der Waals surface area contributed by atoms with Crippen molar-refractivity contribution >= 4 is 22.6 Å². The molecule has 0 aliphatic rings. The van der Waals surface area contributed by atoms with E-state index in [9.17, 15) is 0 Å². The lowest BCUT2D eigenvalue weighted by Gasteiger charge is -2.18. The maximum atomic E-state index is 6.27. The number of halogens is 1. The molecule has 4 aromatic carbocycles. The number of ether oxygens (including phenoxy) is 4. The quantitative estimate of drug-likeness (QED) is 0.138. The van der Waals surface area contributed by atoms with Crippen molar-refractivity contribution in [1.82, 2.24) is 0 Å². The first-order chi connectivity index (χ1) is 19.1. The van der Waals surface area contributed by atoms with Gasteiger partial charge in [0.2, 0.25) is 0 Å². The van der Waals surface area contributed by atoms with Gasteiger partial charge in [0, 0.05) is 9.13 Å². The third-order valence-corrected chi connectivity index (χ3v) is 6.83. The molecular weight excluding hydrogens is 599 g/mol. The van der Waals surface area contributed by atoms with Crippen LogP contribution in [-0.4, -0.2) is 27.4 Å². The van der Waals surface area contributed by atoms with E-state index in [0.29, 0.717) is 0 Å². The van der Waals surface area contributed by atoms with Gasteiger partial charge in [-0.3, -0.25) is 0 Å². The van der Waals surface area contributed by atoms with Crippen LogP contribution in [-0.2, 0) is 9.47 Å². The number of hydrogen-bond donors (Lipinski definition) is 0. The highest BCUT2D eigenvalue weighted by Crippen LogP contribution is 2.29. The minimum absolute atomic E-state index is 0.214. The Kier molecular flexibility index (Phi) is 10.4. The molecule has 0 fully saturated rings. The molecule has 0 aliphatic heterocycles. The number of hydrogen-bond acceptors (Lipinski definition) is 4. The lowest BCUT2D eigenvalue weighted by Crippen LogP contribution is -2.07. The normalized spacial score (nSPS) is 11.9. The van der Waals surface area contributed by atoms with Crippen molar-refractivity contribution in [3.8, 4) is 35.7 Å². The number of benzene rings is 4. The van der Waals surface area contributed by atoms with Crippen LogP contribution >= 0.6 is 22.6 Å². The Hall–Kier alpha value is -3.75. The molecule has 2 atom stereocenters. The summed E-state index contributed by atoms with van der Waals surface area (Å²) in [6.45, 7) is 0.496. The van der Waals surface area contributed by atoms with E-state index < -0.39 is 0 Å². The summed E-state index contributed by atoms with van der Waals surface area (Å²) in [6.07, 6.45) is 4.94. The molecule has 0 spiro atoms. The molecule has 0 amide bonds. The lowest BCUT2D eigenvalue weighted by molar-refractivity contribution is 0.108. The summed E-state index contributed by atoms with van der Waals surface area (Å²) in [4.78, 5) is 0. The summed E-state index contributed by atoms with van der Waals surface area (Å²) in [5, 5.41) is 0. The van der Waals surface area contributed by atoms with Crippen LogP contribution in [0.25, 0.3) is 0 Å². The number of rotatable bonds is 10. The summed E-state index contributed by atoms with van der Waals surface area (Å²) in [5.74, 6) is 10.5. The average Bonchev–Trinajstić information content (AvgIpc) is 2.99. The van der Waals surface area contributed by atoms with E-state index in [1.807, 2.05) is 72.8 Å². The second-order valence-corrected chi connectivity index (χ2v) is 9.85. The highest BCUT2D eigenvalue weighted by molar-refractivity contribution is 14.1. The molecule has 39 heavy (non-hydrogen) atoms. The van der Waals surface area contributed by atoms with Gasteiger partial charge in [-0.05, 0) is 93.4 Å². The fourth-order valence-electron chi connectivity index (χ4n) is 4.10. The molecule has 4 aromatic rings. The Balaban J connectivity index is 1.46. The summed E-state index contributed by atoms with van der Waals surface area (Å²) in [5.41, 5.74) is 5.00. The van der Waals surface area contributed by atoms with Crippen LogP contribution < -0.4 is 9.47 Å². The fourth-order valence-corrected chi connectivity index (χ4v) is 4.46. The Morgan fingerprint density at radius 3 is 1.46 bits per heavy atom. The minimum Gasteiger partial charge on any atom is -0.497 e. The molecular formula is C34H29IO4. The highest BCUT2D eigenvalue weighted by Gasteiger charge is 2.16. The highest BCUT2D eigenvalue weighted by atomic mass is 127. The molecule has 0 bridgehead atoms. The van der Waals surface area contributed by atoms with Gasteiger partial charge in [-0.25, -0.2) is 0 Å². The van der Waals surface area contributed by atoms with Crippen LogP contribution in [0.2, 0.25) is 0 Å². The molecule has 0 radical (unpaired) electrons. The van der Waals surface area contributed by atoms with Gasteiger partial charge in [0.1, 0.15) is 36.9 Å². The lowest BCUT2D eigenvalue weighted by atomic mass is 10.00. The molecule has 4 nitrogen and oxygen atoms in total. The second-order valence-electron chi connectivity index (χ2n) is 8.61. The summed E-state index contributed by atoms with van der Waals surface area (Å²) in [6, 6.07) is 32.1. The number of methoxy groups -OCH3 is 2.